The molecule has 2 aromatic carbocycles. The number of aliphatic hydroxyl groups excluding tert-OH is 2. The molecule has 6 rings (SSSR count). The number of hydrogen-bond acceptors (Lipinski definition) is 7. The maximum Gasteiger partial charge on any atom is 0.209 e. The maximum atomic E-state index is 13.7. The molecule has 0 bridgehead atoms. The average Bonchev–Trinajstić information content (AvgIpc) is 3.25. The van der Waals surface area contributed by atoms with Gasteiger partial charge in [-0.15, -0.1) is 0 Å². The van der Waals surface area contributed by atoms with Gasteiger partial charge in [-0.1, -0.05) is 36.4 Å². The van der Waals surface area contributed by atoms with Gasteiger partial charge < -0.3 is 20.4 Å². The molecule has 0 spiro atoms. The molecular weight excluding hydrogens is 460 g/mol. The van der Waals surface area contributed by atoms with E-state index in [1.54, 1.807) is 6.07 Å². The molecule has 0 saturated carbocycles. The van der Waals surface area contributed by atoms with Crippen molar-refractivity contribution in [3.63, 3.8) is 0 Å². The smallest absolute Gasteiger partial charge is 0.209 e. The van der Waals surface area contributed by atoms with Crippen molar-refractivity contribution in [2.24, 2.45) is 11.8 Å². The van der Waals surface area contributed by atoms with E-state index < -0.39 is 51.9 Å². The number of phenolic OH excluding ortho intramolecular Hbond substituents is 1. The minimum absolute atomic E-state index is 0.0534. The second kappa shape index (κ2) is 7.51. The zero-order valence-corrected chi connectivity index (χ0v) is 19.5. The summed E-state index contributed by atoms with van der Waals surface area (Å²) in [5, 5.41) is 43.6. The quantitative estimate of drug-likeness (QED) is 0.477. The minimum Gasteiger partial charge on any atom is -0.511 e. The summed E-state index contributed by atoms with van der Waals surface area (Å²) in [5.41, 5.74) is 1.70. The van der Waals surface area contributed by atoms with E-state index in [1.165, 1.54) is 11.6 Å². The highest BCUT2D eigenvalue weighted by Crippen LogP contribution is 2.52. The molecule has 0 radical (unpaired) electrons. The van der Waals surface area contributed by atoms with Gasteiger partial charge in [0.25, 0.3) is 0 Å². The number of aromatic hydroxyl groups is 1. The number of phenols is 1. The molecule has 0 aliphatic heterocycles. The van der Waals surface area contributed by atoms with E-state index in [2.05, 4.69) is 6.08 Å². The van der Waals surface area contributed by atoms with Crippen LogP contribution in [0.25, 0.3) is 11.6 Å². The van der Waals surface area contributed by atoms with Crippen LogP contribution in [0.1, 0.15) is 52.4 Å². The fourth-order valence-electron chi connectivity index (χ4n) is 6.48. The molecule has 0 amide bonds. The van der Waals surface area contributed by atoms with Crippen LogP contribution in [0.5, 0.6) is 5.75 Å². The highest BCUT2D eigenvalue weighted by Gasteiger charge is 2.59. The third-order valence-electron chi connectivity index (χ3n) is 8.16. The second-order valence-corrected chi connectivity index (χ2v) is 10.1. The summed E-state index contributed by atoms with van der Waals surface area (Å²) >= 11 is 0. The van der Waals surface area contributed by atoms with Gasteiger partial charge in [-0.25, -0.2) is 0 Å². The lowest BCUT2D eigenvalue weighted by molar-refractivity contribution is -0.144. The summed E-state index contributed by atoms with van der Waals surface area (Å²) in [5.74, 6) is -5.32. The summed E-state index contributed by atoms with van der Waals surface area (Å²) in [6.45, 7) is 1.10. The van der Waals surface area contributed by atoms with Gasteiger partial charge in [0.2, 0.25) is 5.78 Å². The standard InChI is InChI=1S/C29H24O7/c1-13(30)23-22(32)12-18-10-17-11-20-19(16-8-14-4-2-3-5-15(14)9-16)6-7-21(31)25(20)26(33)24(17)28(35)29(18,36)27(23)34/h2-8,17-18,31-32,35-36H,9-12H2,1H3/t17-,18+,29-/m1/s1. The third-order valence-corrected chi connectivity index (χ3v) is 8.16. The van der Waals surface area contributed by atoms with E-state index in [0.29, 0.717) is 18.4 Å². The van der Waals surface area contributed by atoms with Crippen molar-refractivity contribution >= 4 is 29.0 Å². The Morgan fingerprint density at radius 2 is 1.78 bits per heavy atom. The largest absolute Gasteiger partial charge is 0.511 e. The lowest BCUT2D eigenvalue weighted by Crippen LogP contribution is -2.56. The van der Waals surface area contributed by atoms with Gasteiger partial charge in [0.05, 0.1) is 5.56 Å². The Morgan fingerprint density at radius 1 is 1.03 bits per heavy atom. The molecule has 2 aromatic rings. The molecule has 7 heteroatoms. The Morgan fingerprint density at radius 3 is 2.50 bits per heavy atom. The first-order valence-corrected chi connectivity index (χ1v) is 11.9. The Kier molecular flexibility index (Phi) is 4.69. The Balaban J connectivity index is 1.48. The van der Waals surface area contributed by atoms with E-state index in [-0.39, 0.29) is 29.7 Å². The average molecular weight is 485 g/mol. The van der Waals surface area contributed by atoms with Crippen LogP contribution in [0, 0.1) is 11.8 Å². The lowest BCUT2D eigenvalue weighted by Gasteiger charge is -2.45. The molecule has 0 fully saturated rings. The number of carbonyl (C=O) groups excluding carboxylic acids is 3. The SMILES string of the molecule is CC(=O)C1=C(O)C[C@@H]2C[C@@H]3Cc4c(C5=Cc6ccccc6C5)ccc(O)c4C(=O)C3=C(O)[C@]2(O)C1=O. The van der Waals surface area contributed by atoms with Gasteiger partial charge in [0.1, 0.15) is 22.8 Å². The summed E-state index contributed by atoms with van der Waals surface area (Å²) in [6.07, 6.45) is 3.04. The third kappa shape index (κ3) is 2.86. The number of ketones is 3. The molecule has 4 N–H and O–H groups in total. The molecule has 0 aromatic heterocycles. The minimum atomic E-state index is -2.48. The van der Waals surface area contributed by atoms with Gasteiger partial charge in [-0.3, -0.25) is 14.4 Å². The first-order chi connectivity index (χ1) is 17.1. The molecule has 0 heterocycles. The number of fused-ring (bicyclic) bond motifs is 4. The zero-order valence-electron chi connectivity index (χ0n) is 19.5. The van der Waals surface area contributed by atoms with Crippen LogP contribution < -0.4 is 0 Å². The van der Waals surface area contributed by atoms with Crippen molar-refractivity contribution in [3.8, 4) is 5.75 Å². The van der Waals surface area contributed by atoms with E-state index >= 15 is 0 Å². The Hall–Kier alpha value is -3.97. The maximum absolute atomic E-state index is 13.7. The van der Waals surface area contributed by atoms with Crippen LogP contribution in [-0.4, -0.2) is 43.4 Å². The first kappa shape index (κ1) is 22.5. The predicted molar refractivity (Wildman–Crippen MR) is 130 cm³/mol. The van der Waals surface area contributed by atoms with Crippen molar-refractivity contribution in [1.82, 2.24) is 0 Å². The van der Waals surface area contributed by atoms with Crippen LogP contribution in [0.3, 0.4) is 0 Å². The van der Waals surface area contributed by atoms with Gasteiger partial charge >= 0.3 is 0 Å². The molecule has 182 valence electrons. The normalized spacial score (nSPS) is 26.8. The number of aliphatic hydroxyl groups is 3. The van der Waals surface area contributed by atoms with Crippen molar-refractivity contribution in [3.05, 3.63) is 86.9 Å². The topological polar surface area (TPSA) is 132 Å². The van der Waals surface area contributed by atoms with Gasteiger partial charge in [-0.2, -0.15) is 0 Å². The summed E-state index contributed by atoms with van der Waals surface area (Å²) in [4.78, 5) is 38.8. The monoisotopic (exact) mass is 484 g/mol. The molecular formula is C29H24O7. The molecule has 4 aliphatic rings. The van der Waals surface area contributed by atoms with Crippen molar-refractivity contribution < 1.29 is 34.8 Å². The zero-order chi connectivity index (χ0) is 25.5. The molecule has 0 unspecified atom stereocenters. The number of Topliss-reactive ketones (excluding diaryl/α,β-unsaturated/α-hetero) is 3. The van der Waals surface area contributed by atoms with Gasteiger partial charge in [-0.05, 0) is 66.0 Å². The summed E-state index contributed by atoms with van der Waals surface area (Å²) < 4.78 is 0. The van der Waals surface area contributed by atoms with Crippen LogP contribution in [-0.2, 0) is 22.4 Å². The highest BCUT2D eigenvalue weighted by molar-refractivity contribution is 6.25. The van der Waals surface area contributed by atoms with Crippen LogP contribution in [0.15, 0.2) is 59.1 Å². The Labute approximate surface area is 206 Å². The van der Waals surface area contributed by atoms with Gasteiger partial charge in [0.15, 0.2) is 17.2 Å². The number of hydrogen-bond donors (Lipinski definition) is 4. The molecule has 36 heavy (non-hydrogen) atoms. The van der Waals surface area contributed by atoms with E-state index in [0.717, 1.165) is 23.6 Å². The number of allylic oxidation sites excluding steroid dienone is 3. The van der Waals surface area contributed by atoms with E-state index in [4.69, 9.17) is 0 Å². The number of benzene rings is 2. The number of carbonyl (C=O) groups is 3. The Bertz CT molecular complexity index is 1510. The van der Waals surface area contributed by atoms with Crippen LogP contribution in [0.4, 0.5) is 0 Å². The van der Waals surface area contributed by atoms with Crippen LogP contribution >= 0.6 is 0 Å². The molecule has 3 atom stereocenters. The van der Waals surface area contributed by atoms with Gasteiger partial charge in [0, 0.05) is 17.9 Å². The second-order valence-electron chi connectivity index (χ2n) is 10.1. The lowest BCUT2D eigenvalue weighted by atomic mass is 9.60. The van der Waals surface area contributed by atoms with E-state index in [9.17, 15) is 34.8 Å². The van der Waals surface area contributed by atoms with Crippen molar-refractivity contribution in [1.29, 1.82) is 0 Å². The molecule has 0 saturated heterocycles. The van der Waals surface area contributed by atoms with E-state index in [1.807, 2.05) is 24.3 Å². The summed E-state index contributed by atoms with van der Waals surface area (Å²) in [7, 11) is 0. The fraction of sp³-hybridized carbons (Fsp3) is 0.276. The fourth-order valence-corrected chi connectivity index (χ4v) is 6.48. The highest BCUT2D eigenvalue weighted by atomic mass is 16.3. The number of rotatable bonds is 2. The van der Waals surface area contributed by atoms with Crippen LogP contribution in [0.2, 0.25) is 0 Å². The first-order valence-electron chi connectivity index (χ1n) is 11.9. The predicted octanol–water partition coefficient (Wildman–Crippen LogP) is 3.78. The molecule has 7 nitrogen and oxygen atoms in total. The summed E-state index contributed by atoms with van der Waals surface area (Å²) in [6, 6.07) is 11.3. The molecule has 4 aliphatic carbocycles. The van der Waals surface area contributed by atoms with Crippen molar-refractivity contribution in [2.45, 2.75) is 38.2 Å². The van der Waals surface area contributed by atoms with Crippen molar-refractivity contribution in [2.75, 3.05) is 0 Å².